The van der Waals surface area contributed by atoms with E-state index in [-0.39, 0.29) is 11.5 Å². The summed E-state index contributed by atoms with van der Waals surface area (Å²) in [6.45, 7) is -0.203. The average Bonchev–Trinajstić information content (AvgIpc) is 2.71. The molecule has 0 spiro atoms. The van der Waals surface area contributed by atoms with Gasteiger partial charge in [0.05, 0.1) is 18.0 Å². The van der Waals surface area contributed by atoms with Crippen molar-refractivity contribution in [2.75, 3.05) is 13.7 Å². The van der Waals surface area contributed by atoms with Gasteiger partial charge in [-0.3, -0.25) is 0 Å². The average molecular weight is 403 g/mol. The van der Waals surface area contributed by atoms with Crippen molar-refractivity contribution in [3.8, 4) is 0 Å². The number of sulfonamides is 1. The van der Waals surface area contributed by atoms with Gasteiger partial charge in [0.25, 0.3) is 0 Å². The Labute approximate surface area is 164 Å². The van der Waals surface area contributed by atoms with Gasteiger partial charge in [-0.2, -0.15) is 0 Å². The molecule has 0 aliphatic heterocycles. The summed E-state index contributed by atoms with van der Waals surface area (Å²) in [6, 6.07) is 16.5. The van der Waals surface area contributed by atoms with Crippen molar-refractivity contribution in [3.63, 3.8) is 0 Å². The summed E-state index contributed by atoms with van der Waals surface area (Å²) in [4.78, 5) is 22.9. The molecule has 0 saturated heterocycles. The van der Waals surface area contributed by atoms with Crippen molar-refractivity contribution in [1.29, 1.82) is 0 Å². The van der Waals surface area contributed by atoms with Gasteiger partial charge in [0.15, 0.2) is 0 Å². The maximum atomic E-state index is 12.6. The van der Waals surface area contributed by atoms with Gasteiger partial charge in [-0.25, -0.2) is 22.7 Å². The minimum Gasteiger partial charge on any atom is -0.466 e. The minimum atomic E-state index is -3.79. The summed E-state index contributed by atoms with van der Waals surface area (Å²) in [5.74, 6) is -1.47. The Kier molecular flexibility index (Phi) is 7.91. The molecule has 0 bridgehead atoms. The summed E-state index contributed by atoms with van der Waals surface area (Å²) >= 11 is 0. The Hall–Kier alpha value is -2.97. The van der Waals surface area contributed by atoms with E-state index in [0.717, 1.165) is 17.7 Å². The monoisotopic (exact) mass is 403 g/mol. The van der Waals surface area contributed by atoms with Crippen molar-refractivity contribution >= 4 is 22.0 Å². The summed E-state index contributed by atoms with van der Waals surface area (Å²) in [6.07, 6.45) is 2.18. The van der Waals surface area contributed by atoms with Crippen LogP contribution in [0, 0.1) is 0 Å². The van der Waals surface area contributed by atoms with Crippen LogP contribution in [0.5, 0.6) is 0 Å². The SMILES string of the molecule is COC(=O)/C=C/C(=O)OCC(Cc1ccccc1)NS(=O)(=O)c1ccccc1. The molecule has 0 amide bonds. The van der Waals surface area contributed by atoms with Gasteiger partial charge in [-0.05, 0) is 24.1 Å². The fourth-order valence-corrected chi connectivity index (χ4v) is 3.60. The first-order chi connectivity index (χ1) is 13.4. The summed E-state index contributed by atoms with van der Waals surface area (Å²) in [5, 5.41) is 0. The van der Waals surface area contributed by atoms with Crippen molar-refractivity contribution in [2.24, 2.45) is 0 Å². The predicted octanol–water partition coefficient (Wildman–Crippen LogP) is 1.85. The lowest BCUT2D eigenvalue weighted by atomic mass is 10.1. The van der Waals surface area contributed by atoms with Crippen LogP contribution in [0.4, 0.5) is 0 Å². The van der Waals surface area contributed by atoms with Crippen molar-refractivity contribution in [1.82, 2.24) is 4.72 Å². The molecule has 148 valence electrons. The van der Waals surface area contributed by atoms with Gasteiger partial charge in [0, 0.05) is 12.2 Å². The van der Waals surface area contributed by atoms with Crippen LogP contribution in [-0.2, 0) is 35.5 Å². The van der Waals surface area contributed by atoms with E-state index in [1.807, 2.05) is 30.3 Å². The second kappa shape index (κ2) is 10.4. The number of esters is 2. The molecule has 1 unspecified atom stereocenters. The Bertz CT molecular complexity index is 910. The summed E-state index contributed by atoms with van der Waals surface area (Å²) in [7, 11) is -2.60. The number of benzene rings is 2. The molecular formula is C20H21NO6S. The lowest BCUT2D eigenvalue weighted by Gasteiger charge is -2.18. The standard InChI is InChI=1S/C20H21NO6S/c1-26-19(22)12-13-20(23)27-15-17(14-16-8-4-2-5-9-16)21-28(24,25)18-10-6-3-7-11-18/h2-13,17,21H,14-15H2,1H3/b13-12+. The van der Waals surface area contributed by atoms with E-state index in [1.165, 1.54) is 19.2 Å². The van der Waals surface area contributed by atoms with Crippen LogP contribution in [0.15, 0.2) is 77.7 Å². The first-order valence-corrected chi connectivity index (χ1v) is 9.93. The summed E-state index contributed by atoms with van der Waals surface area (Å²) in [5.41, 5.74) is 0.879. The highest BCUT2D eigenvalue weighted by molar-refractivity contribution is 7.89. The molecule has 0 aromatic heterocycles. The van der Waals surface area contributed by atoms with Crippen LogP contribution < -0.4 is 4.72 Å². The normalized spacial score (nSPS) is 12.5. The van der Waals surface area contributed by atoms with E-state index in [0.29, 0.717) is 6.42 Å². The zero-order chi connectivity index (χ0) is 20.4. The van der Waals surface area contributed by atoms with Crippen LogP contribution >= 0.6 is 0 Å². The van der Waals surface area contributed by atoms with E-state index in [2.05, 4.69) is 9.46 Å². The highest BCUT2D eigenvalue weighted by Crippen LogP contribution is 2.11. The molecule has 0 fully saturated rings. The van der Waals surface area contributed by atoms with E-state index < -0.39 is 28.0 Å². The first kappa shape index (κ1) is 21.3. The number of ether oxygens (including phenoxy) is 2. The topological polar surface area (TPSA) is 98.8 Å². The number of hydrogen-bond donors (Lipinski definition) is 1. The molecule has 2 rings (SSSR count). The number of methoxy groups -OCH3 is 1. The van der Waals surface area contributed by atoms with Crippen molar-refractivity contribution < 1.29 is 27.5 Å². The van der Waals surface area contributed by atoms with Gasteiger partial charge in [0.2, 0.25) is 10.0 Å². The zero-order valence-electron chi connectivity index (χ0n) is 15.3. The lowest BCUT2D eigenvalue weighted by Crippen LogP contribution is -2.40. The van der Waals surface area contributed by atoms with Gasteiger partial charge >= 0.3 is 11.9 Å². The molecular weight excluding hydrogens is 382 g/mol. The second-order valence-corrected chi connectivity index (χ2v) is 7.52. The lowest BCUT2D eigenvalue weighted by molar-refractivity contribution is -0.139. The number of hydrogen-bond acceptors (Lipinski definition) is 6. The maximum absolute atomic E-state index is 12.6. The maximum Gasteiger partial charge on any atom is 0.331 e. The van der Waals surface area contributed by atoms with Gasteiger partial charge in [-0.1, -0.05) is 48.5 Å². The molecule has 1 N–H and O–H groups in total. The third-order valence-corrected chi connectivity index (χ3v) is 5.22. The van der Waals surface area contributed by atoms with Gasteiger partial charge < -0.3 is 9.47 Å². The molecule has 2 aromatic rings. The highest BCUT2D eigenvalue weighted by atomic mass is 32.2. The fourth-order valence-electron chi connectivity index (χ4n) is 2.36. The zero-order valence-corrected chi connectivity index (χ0v) is 16.1. The third-order valence-electron chi connectivity index (χ3n) is 3.68. The van der Waals surface area contributed by atoms with Crippen LogP contribution in [-0.4, -0.2) is 40.1 Å². The minimum absolute atomic E-state index is 0.116. The Morgan fingerprint density at radius 3 is 2.14 bits per heavy atom. The number of carbonyl (C=O) groups is 2. The van der Waals surface area contributed by atoms with Crippen LogP contribution in [0.3, 0.4) is 0 Å². The molecule has 8 heteroatoms. The Morgan fingerprint density at radius 1 is 0.964 bits per heavy atom. The number of carbonyl (C=O) groups excluding carboxylic acids is 2. The Morgan fingerprint density at radius 2 is 1.54 bits per heavy atom. The van der Waals surface area contributed by atoms with Crippen LogP contribution in [0.1, 0.15) is 5.56 Å². The number of nitrogens with one attached hydrogen (secondary N) is 1. The molecule has 0 saturated carbocycles. The number of rotatable bonds is 9. The van der Waals surface area contributed by atoms with E-state index >= 15 is 0 Å². The van der Waals surface area contributed by atoms with Gasteiger partial charge in [0.1, 0.15) is 6.61 Å². The molecule has 28 heavy (non-hydrogen) atoms. The van der Waals surface area contributed by atoms with Crippen molar-refractivity contribution in [3.05, 3.63) is 78.4 Å². The molecule has 2 aromatic carbocycles. The van der Waals surface area contributed by atoms with Crippen molar-refractivity contribution in [2.45, 2.75) is 17.4 Å². The van der Waals surface area contributed by atoms with E-state index in [1.54, 1.807) is 18.2 Å². The highest BCUT2D eigenvalue weighted by Gasteiger charge is 2.21. The quantitative estimate of drug-likeness (QED) is 0.507. The Balaban J connectivity index is 2.10. The molecule has 0 aliphatic rings. The molecule has 1 atom stereocenters. The summed E-state index contributed by atoms with van der Waals surface area (Å²) < 4.78 is 37.3. The fraction of sp³-hybridized carbons (Fsp3) is 0.200. The molecule has 0 radical (unpaired) electrons. The van der Waals surface area contributed by atoms with E-state index in [4.69, 9.17) is 4.74 Å². The van der Waals surface area contributed by atoms with E-state index in [9.17, 15) is 18.0 Å². The third kappa shape index (κ3) is 6.98. The molecule has 0 aliphatic carbocycles. The molecule has 0 heterocycles. The van der Waals surface area contributed by atoms with Crippen LogP contribution in [0.25, 0.3) is 0 Å². The van der Waals surface area contributed by atoms with Crippen LogP contribution in [0.2, 0.25) is 0 Å². The van der Waals surface area contributed by atoms with Gasteiger partial charge in [-0.15, -0.1) is 0 Å². The predicted molar refractivity (Wildman–Crippen MR) is 103 cm³/mol. The first-order valence-electron chi connectivity index (χ1n) is 8.45. The smallest absolute Gasteiger partial charge is 0.331 e. The molecule has 7 nitrogen and oxygen atoms in total. The second-order valence-electron chi connectivity index (χ2n) is 5.81. The largest absolute Gasteiger partial charge is 0.466 e.